The molecule has 0 fully saturated rings. The molecule has 20 heavy (non-hydrogen) atoms. The summed E-state index contributed by atoms with van der Waals surface area (Å²) < 4.78 is 4.79. The van der Waals surface area contributed by atoms with E-state index in [4.69, 9.17) is 4.74 Å². The number of methoxy groups -OCH3 is 1. The van der Waals surface area contributed by atoms with Crippen LogP contribution in [0.3, 0.4) is 0 Å². The van der Waals surface area contributed by atoms with E-state index >= 15 is 0 Å². The minimum atomic E-state index is -0.315. The number of hydrogen-bond acceptors (Lipinski definition) is 2. The van der Waals surface area contributed by atoms with Crippen LogP contribution in [0.25, 0.3) is 22.0 Å². The number of aryl methyl sites for hydroxylation is 1. The van der Waals surface area contributed by atoms with Crippen LogP contribution in [-0.2, 0) is 4.74 Å². The lowest BCUT2D eigenvalue weighted by atomic mass is 10.0. The van der Waals surface area contributed by atoms with E-state index in [1.165, 1.54) is 7.11 Å². The van der Waals surface area contributed by atoms with Crippen molar-refractivity contribution in [2.45, 2.75) is 6.92 Å². The molecule has 3 heteroatoms. The summed E-state index contributed by atoms with van der Waals surface area (Å²) in [5, 5.41) is 1.04. The molecule has 100 valence electrons. The maximum Gasteiger partial charge on any atom is 0.337 e. The van der Waals surface area contributed by atoms with Gasteiger partial charge in [-0.25, -0.2) is 4.79 Å². The fourth-order valence-corrected chi connectivity index (χ4v) is 2.55. The van der Waals surface area contributed by atoms with E-state index < -0.39 is 0 Å². The number of carbonyl (C=O) groups excluding carboxylic acids is 1. The predicted octanol–water partition coefficient (Wildman–Crippen LogP) is 3.93. The maximum atomic E-state index is 11.7. The van der Waals surface area contributed by atoms with Gasteiger partial charge in [-0.3, -0.25) is 0 Å². The fraction of sp³-hybridized carbons (Fsp3) is 0.118. The van der Waals surface area contributed by atoms with E-state index in [2.05, 4.69) is 17.1 Å². The number of H-pyrrole nitrogens is 1. The normalized spacial score (nSPS) is 10.7. The Labute approximate surface area is 117 Å². The molecule has 0 aliphatic rings. The highest BCUT2D eigenvalue weighted by Gasteiger charge is 2.13. The summed E-state index contributed by atoms with van der Waals surface area (Å²) >= 11 is 0. The number of hydrogen-bond donors (Lipinski definition) is 1. The highest BCUT2D eigenvalue weighted by atomic mass is 16.5. The zero-order valence-electron chi connectivity index (χ0n) is 11.4. The predicted molar refractivity (Wildman–Crippen MR) is 79.8 cm³/mol. The Morgan fingerprint density at radius 3 is 2.55 bits per heavy atom. The van der Waals surface area contributed by atoms with Crippen LogP contribution in [0.1, 0.15) is 16.1 Å². The van der Waals surface area contributed by atoms with Crippen molar-refractivity contribution < 1.29 is 9.53 Å². The third-order valence-electron chi connectivity index (χ3n) is 3.47. The maximum absolute atomic E-state index is 11.7. The molecule has 0 saturated heterocycles. The second kappa shape index (κ2) is 4.85. The van der Waals surface area contributed by atoms with Gasteiger partial charge in [0, 0.05) is 22.2 Å². The molecule has 0 aliphatic carbocycles. The second-order valence-corrected chi connectivity index (χ2v) is 4.74. The number of nitrogens with one attached hydrogen (secondary N) is 1. The molecule has 1 N–H and O–H groups in total. The Balaban J connectivity index is 2.26. The van der Waals surface area contributed by atoms with Crippen LogP contribution in [0.15, 0.2) is 48.5 Å². The van der Waals surface area contributed by atoms with E-state index in [-0.39, 0.29) is 5.97 Å². The average molecular weight is 265 g/mol. The third kappa shape index (κ3) is 1.97. The molecule has 0 amide bonds. The smallest absolute Gasteiger partial charge is 0.337 e. The van der Waals surface area contributed by atoms with Crippen LogP contribution >= 0.6 is 0 Å². The minimum absolute atomic E-state index is 0.315. The summed E-state index contributed by atoms with van der Waals surface area (Å²) in [6, 6.07) is 15.7. The van der Waals surface area contributed by atoms with E-state index in [1.807, 2.05) is 37.3 Å². The van der Waals surface area contributed by atoms with Gasteiger partial charge in [0.05, 0.1) is 12.7 Å². The molecule has 0 aliphatic heterocycles. The summed E-state index contributed by atoms with van der Waals surface area (Å²) in [6.07, 6.45) is 0. The fourth-order valence-electron chi connectivity index (χ4n) is 2.55. The molecule has 3 aromatic rings. The molecule has 1 aromatic heterocycles. The molecule has 0 bridgehead atoms. The van der Waals surface area contributed by atoms with Crippen molar-refractivity contribution in [2.24, 2.45) is 0 Å². The van der Waals surface area contributed by atoms with Crippen LogP contribution in [0.4, 0.5) is 0 Å². The molecule has 1 heterocycles. The average Bonchev–Trinajstić information content (AvgIpc) is 2.82. The first kappa shape index (κ1) is 12.5. The number of ether oxygens (including phenoxy) is 1. The molecule has 0 saturated carbocycles. The van der Waals surface area contributed by atoms with Gasteiger partial charge in [0.25, 0.3) is 0 Å². The first-order valence-electron chi connectivity index (χ1n) is 6.47. The van der Waals surface area contributed by atoms with E-state index in [1.54, 1.807) is 6.07 Å². The number of aromatic nitrogens is 1. The standard InChI is InChI=1S/C17H15NO2/c1-11-16(12-6-4-3-5-7-12)14-10-13(17(19)20-2)8-9-15(14)18-11/h3-10,18H,1-2H3. The molecule has 3 nitrogen and oxygen atoms in total. The van der Waals surface area contributed by atoms with Gasteiger partial charge in [-0.2, -0.15) is 0 Å². The summed E-state index contributed by atoms with van der Waals surface area (Å²) in [5.74, 6) is -0.315. The van der Waals surface area contributed by atoms with Gasteiger partial charge in [-0.1, -0.05) is 30.3 Å². The lowest BCUT2D eigenvalue weighted by Crippen LogP contribution is -2.00. The Kier molecular flexibility index (Phi) is 3.03. The van der Waals surface area contributed by atoms with Gasteiger partial charge in [0.2, 0.25) is 0 Å². The largest absolute Gasteiger partial charge is 0.465 e. The monoisotopic (exact) mass is 265 g/mol. The quantitative estimate of drug-likeness (QED) is 0.713. The number of aromatic amines is 1. The van der Waals surface area contributed by atoms with E-state index in [9.17, 15) is 4.79 Å². The molecular weight excluding hydrogens is 250 g/mol. The Hall–Kier alpha value is -2.55. The highest BCUT2D eigenvalue weighted by Crippen LogP contribution is 2.32. The molecule has 0 radical (unpaired) electrons. The Bertz CT molecular complexity index is 772. The summed E-state index contributed by atoms with van der Waals surface area (Å²) in [5.41, 5.74) is 4.95. The number of esters is 1. The van der Waals surface area contributed by atoms with Crippen molar-refractivity contribution in [1.82, 2.24) is 4.98 Å². The van der Waals surface area contributed by atoms with Gasteiger partial charge >= 0.3 is 5.97 Å². The third-order valence-corrected chi connectivity index (χ3v) is 3.47. The van der Waals surface area contributed by atoms with Crippen LogP contribution in [0.2, 0.25) is 0 Å². The van der Waals surface area contributed by atoms with Crippen LogP contribution in [0, 0.1) is 6.92 Å². The molecule has 3 rings (SSSR count). The van der Waals surface area contributed by atoms with Crippen molar-refractivity contribution in [1.29, 1.82) is 0 Å². The first-order valence-corrected chi connectivity index (χ1v) is 6.47. The van der Waals surface area contributed by atoms with Crippen LogP contribution in [-0.4, -0.2) is 18.1 Å². The molecule has 0 unspecified atom stereocenters. The lowest BCUT2D eigenvalue weighted by Gasteiger charge is -2.03. The van der Waals surface area contributed by atoms with Gasteiger partial charge in [0.15, 0.2) is 0 Å². The summed E-state index contributed by atoms with van der Waals surface area (Å²) in [7, 11) is 1.40. The van der Waals surface area contributed by atoms with E-state index in [0.29, 0.717) is 5.56 Å². The number of benzene rings is 2. The molecule has 0 atom stereocenters. The van der Waals surface area contributed by atoms with E-state index in [0.717, 1.165) is 27.7 Å². The highest BCUT2D eigenvalue weighted by molar-refractivity contribution is 6.02. The van der Waals surface area contributed by atoms with Gasteiger partial charge in [-0.15, -0.1) is 0 Å². The SMILES string of the molecule is COC(=O)c1ccc2[nH]c(C)c(-c3ccccc3)c2c1. The van der Waals surface area contributed by atoms with Crippen molar-refractivity contribution in [3.8, 4) is 11.1 Å². The van der Waals surface area contributed by atoms with Gasteiger partial charge in [-0.05, 0) is 30.7 Å². The molecule has 0 spiro atoms. The Morgan fingerprint density at radius 2 is 1.85 bits per heavy atom. The zero-order chi connectivity index (χ0) is 14.1. The summed E-state index contributed by atoms with van der Waals surface area (Å²) in [6.45, 7) is 2.04. The van der Waals surface area contributed by atoms with Gasteiger partial charge in [0.1, 0.15) is 0 Å². The van der Waals surface area contributed by atoms with Crippen molar-refractivity contribution in [3.63, 3.8) is 0 Å². The first-order chi connectivity index (χ1) is 9.70. The van der Waals surface area contributed by atoms with Crippen molar-refractivity contribution in [3.05, 3.63) is 59.8 Å². The lowest BCUT2D eigenvalue weighted by molar-refractivity contribution is 0.0601. The van der Waals surface area contributed by atoms with Crippen LogP contribution < -0.4 is 0 Å². The minimum Gasteiger partial charge on any atom is -0.465 e. The number of carbonyl (C=O) groups is 1. The van der Waals surface area contributed by atoms with Crippen LogP contribution in [0.5, 0.6) is 0 Å². The molecular formula is C17H15NO2. The van der Waals surface area contributed by atoms with Crippen molar-refractivity contribution >= 4 is 16.9 Å². The zero-order valence-corrected chi connectivity index (χ0v) is 11.4. The summed E-state index contributed by atoms with van der Waals surface area (Å²) in [4.78, 5) is 15.0. The van der Waals surface area contributed by atoms with Gasteiger partial charge < -0.3 is 9.72 Å². The number of fused-ring (bicyclic) bond motifs is 1. The van der Waals surface area contributed by atoms with Crippen molar-refractivity contribution in [2.75, 3.05) is 7.11 Å². The topological polar surface area (TPSA) is 42.1 Å². The number of rotatable bonds is 2. The molecule has 2 aromatic carbocycles. The second-order valence-electron chi connectivity index (χ2n) is 4.74. The Morgan fingerprint density at radius 1 is 1.10 bits per heavy atom.